The predicted octanol–water partition coefficient (Wildman–Crippen LogP) is 2.21. The highest BCUT2D eigenvalue weighted by molar-refractivity contribution is 5.44. The molecule has 0 fully saturated rings. The van der Waals surface area contributed by atoms with Gasteiger partial charge in [0.2, 0.25) is 0 Å². The molecular weight excluding hydrogens is 247 g/mol. The van der Waals surface area contributed by atoms with E-state index in [1.54, 1.807) is 6.07 Å². The number of anilines is 1. The average molecular weight is 259 g/mol. The van der Waals surface area contributed by atoms with Crippen molar-refractivity contribution in [1.82, 2.24) is 19.8 Å². The van der Waals surface area contributed by atoms with Crippen LogP contribution in [-0.4, -0.2) is 26.4 Å². The minimum Gasteiger partial charge on any atom is -0.368 e. The molecule has 0 aromatic carbocycles. The van der Waals surface area contributed by atoms with E-state index in [4.69, 9.17) is 0 Å². The van der Waals surface area contributed by atoms with Crippen molar-refractivity contribution in [3.63, 3.8) is 0 Å². The number of alkyl halides is 3. The Morgan fingerprint density at radius 2 is 2.00 bits per heavy atom. The minimum absolute atomic E-state index is 0.0671. The molecule has 0 spiro atoms. The van der Waals surface area contributed by atoms with Gasteiger partial charge in [-0.1, -0.05) is 13.8 Å². The Morgan fingerprint density at radius 3 is 2.61 bits per heavy atom. The summed E-state index contributed by atoms with van der Waals surface area (Å²) in [5.74, 6) is -0.391. The van der Waals surface area contributed by atoms with Crippen LogP contribution in [0.25, 0.3) is 5.65 Å². The smallest absolute Gasteiger partial charge is 0.368 e. The van der Waals surface area contributed by atoms with Gasteiger partial charge in [0.05, 0.1) is 0 Å². The van der Waals surface area contributed by atoms with E-state index in [9.17, 15) is 13.2 Å². The Bertz CT molecular complexity index is 546. The van der Waals surface area contributed by atoms with Crippen LogP contribution in [0.5, 0.6) is 0 Å². The molecule has 0 atom stereocenters. The Hall–Kier alpha value is -1.86. The molecule has 0 saturated carbocycles. The van der Waals surface area contributed by atoms with Gasteiger partial charge in [-0.05, 0) is 18.1 Å². The summed E-state index contributed by atoms with van der Waals surface area (Å²) < 4.78 is 38.5. The van der Waals surface area contributed by atoms with Gasteiger partial charge in [-0.3, -0.25) is 0 Å². The van der Waals surface area contributed by atoms with Crippen molar-refractivity contribution in [3.05, 3.63) is 18.0 Å². The maximum atomic E-state index is 12.6. The second-order valence-electron chi connectivity index (χ2n) is 4.28. The number of halogens is 3. The van der Waals surface area contributed by atoms with Gasteiger partial charge in [-0.2, -0.15) is 17.7 Å². The summed E-state index contributed by atoms with van der Waals surface area (Å²) in [5, 5.41) is 13.3. The van der Waals surface area contributed by atoms with Gasteiger partial charge in [0, 0.05) is 6.54 Å². The lowest BCUT2D eigenvalue weighted by Crippen LogP contribution is -2.14. The molecule has 0 saturated heterocycles. The molecule has 2 aromatic rings. The van der Waals surface area contributed by atoms with Crippen LogP contribution in [0.4, 0.5) is 19.0 Å². The normalized spacial score (nSPS) is 12.3. The SMILES string of the molecule is CC(C)CNc1ccc2nnc(C(F)(F)F)n2n1. The van der Waals surface area contributed by atoms with E-state index in [2.05, 4.69) is 20.6 Å². The summed E-state index contributed by atoms with van der Waals surface area (Å²) in [6.07, 6.45) is -4.57. The van der Waals surface area contributed by atoms with E-state index < -0.39 is 12.0 Å². The summed E-state index contributed by atoms with van der Waals surface area (Å²) in [5.41, 5.74) is 0.0671. The third-order valence-electron chi connectivity index (χ3n) is 2.21. The first-order chi connectivity index (χ1) is 8.38. The minimum atomic E-state index is -4.57. The highest BCUT2D eigenvalue weighted by Crippen LogP contribution is 2.27. The molecule has 5 nitrogen and oxygen atoms in total. The van der Waals surface area contributed by atoms with Crippen molar-refractivity contribution in [2.24, 2.45) is 5.92 Å². The van der Waals surface area contributed by atoms with Crippen LogP contribution in [0.1, 0.15) is 19.7 Å². The molecule has 0 bridgehead atoms. The van der Waals surface area contributed by atoms with Crippen molar-refractivity contribution in [2.75, 3.05) is 11.9 Å². The molecule has 18 heavy (non-hydrogen) atoms. The van der Waals surface area contributed by atoms with Crippen molar-refractivity contribution >= 4 is 11.5 Å². The lowest BCUT2D eigenvalue weighted by Gasteiger charge is -2.08. The number of hydrogen-bond acceptors (Lipinski definition) is 4. The third-order valence-corrected chi connectivity index (χ3v) is 2.21. The lowest BCUT2D eigenvalue weighted by molar-refractivity contribution is -0.146. The Labute approximate surface area is 101 Å². The molecule has 0 unspecified atom stereocenters. The second kappa shape index (κ2) is 4.43. The van der Waals surface area contributed by atoms with Crippen molar-refractivity contribution in [3.8, 4) is 0 Å². The molecule has 0 aliphatic rings. The van der Waals surface area contributed by atoms with Gasteiger partial charge in [-0.15, -0.1) is 15.3 Å². The zero-order valence-electron chi connectivity index (χ0n) is 9.86. The Morgan fingerprint density at radius 1 is 1.28 bits per heavy atom. The largest absolute Gasteiger partial charge is 0.453 e. The average Bonchev–Trinajstić information content (AvgIpc) is 2.68. The number of aromatic nitrogens is 4. The summed E-state index contributed by atoms with van der Waals surface area (Å²) in [6, 6.07) is 3.02. The highest BCUT2D eigenvalue weighted by Gasteiger charge is 2.37. The van der Waals surface area contributed by atoms with E-state index in [1.807, 2.05) is 13.8 Å². The molecule has 2 aromatic heterocycles. The first-order valence-corrected chi connectivity index (χ1v) is 5.41. The molecule has 98 valence electrons. The van der Waals surface area contributed by atoms with Crippen LogP contribution in [0.2, 0.25) is 0 Å². The third kappa shape index (κ3) is 2.52. The van der Waals surface area contributed by atoms with Crippen LogP contribution in [-0.2, 0) is 6.18 Å². The Balaban J connectivity index is 2.36. The number of hydrogen-bond donors (Lipinski definition) is 1. The van der Waals surface area contributed by atoms with Gasteiger partial charge in [-0.25, -0.2) is 0 Å². The summed E-state index contributed by atoms with van der Waals surface area (Å²) in [6.45, 7) is 4.61. The zero-order valence-corrected chi connectivity index (χ0v) is 9.86. The van der Waals surface area contributed by atoms with E-state index in [1.165, 1.54) is 6.07 Å². The fourth-order valence-electron chi connectivity index (χ4n) is 1.37. The van der Waals surface area contributed by atoms with Gasteiger partial charge in [0.15, 0.2) is 5.65 Å². The molecule has 0 aliphatic heterocycles. The number of nitrogens with one attached hydrogen (secondary N) is 1. The standard InChI is InChI=1S/C10H12F3N5/c1-6(2)5-14-7-3-4-8-15-16-9(10(11,12)13)18(8)17-7/h3-4,6H,5H2,1-2H3,(H,14,17). The topological polar surface area (TPSA) is 55.1 Å². The molecule has 2 rings (SSSR count). The van der Waals surface area contributed by atoms with E-state index in [0.717, 1.165) is 0 Å². The van der Waals surface area contributed by atoms with E-state index >= 15 is 0 Å². The molecular formula is C10H12F3N5. The summed E-state index contributed by atoms with van der Waals surface area (Å²) >= 11 is 0. The molecule has 1 N–H and O–H groups in total. The Kier molecular flexibility index (Phi) is 3.10. The molecule has 0 radical (unpaired) electrons. The molecule has 2 heterocycles. The summed E-state index contributed by atoms with van der Waals surface area (Å²) in [4.78, 5) is 0. The fourth-order valence-corrected chi connectivity index (χ4v) is 1.37. The molecule has 0 aliphatic carbocycles. The van der Waals surface area contributed by atoms with Gasteiger partial charge in [0.1, 0.15) is 5.82 Å². The number of nitrogens with zero attached hydrogens (tertiary/aromatic N) is 4. The quantitative estimate of drug-likeness (QED) is 0.918. The van der Waals surface area contributed by atoms with E-state index in [0.29, 0.717) is 22.8 Å². The summed E-state index contributed by atoms with van der Waals surface area (Å²) in [7, 11) is 0. The predicted molar refractivity (Wildman–Crippen MR) is 59.1 cm³/mol. The maximum absolute atomic E-state index is 12.6. The van der Waals surface area contributed by atoms with E-state index in [-0.39, 0.29) is 5.65 Å². The highest BCUT2D eigenvalue weighted by atomic mass is 19.4. The first kappa shape index (κ1) is 12.6. The van der Waals surface area contributed by atoms with Crippen molar-refractivity contribution in [1.29, 1.82) is 0 Å². The van der Waals surface area contributed by atoms with Gasteiger partial charge < -0.3 is 5.32 Å². The number of fused-ring (bicyclic) bond motifs is 1. The van der Waals surface area contributed by atoms with Crippen molar-refractivity contribution in [2.45, 2.75) is 20.0 Å². The first-order valence-electron chi connectivity index (χ1n) is 5.41. The van der Waals surface area contributed by atoms with Crippen LogP contribution >= 0.6 is 0 Å². The van der Waals surface area contributed by atoms with Gasteiger partial charge >= 0.3 is 6.18 Å². The molecule has 0 amide bonds. The molecule has 8 heteroatoms. The van der Waals surface area contributed by atoms with Crippen LogP contribution in [0.3, 0.4) is 0 Å². The zero-order chi connectivity index (χ0) is 13.3. The van der Waals surface area contributed by atoms with Gasteiger partial charge in [0.25, 0.3) is 5.82 Å². The van der Waals surface area contributed by atoms with Crippen molar-refractivity contribution < 1.29 is 13.2 Å². The maximum Gasteiger partial charge on any atom is 0.453 e. The second-order valence-corrected chi connectivity index (χ2v) is 4.28. The van der Waals surface area contributed by atoms with Crippen LogP contribution in [0, 0.1) is 5.92 Å². The lowest BCUT2D eigenvalue weighted by atomic mass is 10.2. The van der Waals surface area contributed by atoms with Crippen LogP contribution < -0.4 is 5.32 Å². The monoisotopic (exact) mass is 259 g/mol. The van der Waals surface area contributed by atoms with Crippen LogP contribution in [0.15, 0.2) is 12.1 Å². The fraction of sp³-hybridized carbons (Fsp3) is 0.500. The number of rotatable bonds is 3.